The van der Waals surface area contributed by atoms with Crippen molar-refractivity contribution in [3.8, 4) is 0 Å². The van der Waals surface area contributed by atoms with Gasteiger partial charge in [-0.3, -0.25) is 24.6 Å². The van der Waals surface area contributed by atoms with Crippen LogP contribution in [-0.4, -0.2) is 46.7 Å². The van der Waals surface area contributed by atoms with Crippen molar-refractivity contribution in [1.82, 2.24) is 15.1 Å². The van der Waals surface area contributed by atoms with Crippen LogP contribution >= 0.6 is 11.6 Å². The molecule has 3 aliphatic rings. The van der Waals surface area contributed by atoms with Gasteiger partial charge in [-0.15, -0.1) is 0 Å². The Morgan fingerprint density at radius 3 is 2.31 bits per heavy atom. The molecule has 0 bridgehead atoms. The van der Waals surface area contributed by atoms with Crippen LogP contribution in [0.25, 0.3) is 0 Å². The largest absolute Gasteiger partial charge is 0.416 e. The van der Waals surface area contributed by atoms with E-state index in [0.29, 0.717) is 36.5 Å². The van der Waals surface area contributed by atoms with E-state index in [1.165, 1.54) is 19.2 Å². The monoisotopic (exact) mass is 505 g/mol. The quantitative estimate of drug-likeness (QED) is 0.644. The first-order valence-corrected chi connectivity index (χ1v) is 11.7. The number of hydrogen-bond acceptors (Lipinski definition) is 4. The number of benzene rings is 2. The summed E-state index contributed by atoms with van der Waals surface area (Å²) in [6.45, 7) is 0.810. The Morgan fingerprint density at radius 2 is 1.69 bits per heavy atom. The van der Waals surface area contributed by atoms with Gasteiger partial charge in [0.15, 0.2) is 0 Å². The second-order valence-electron chi connectivity index (χ2n) is 9.41. The first-order chi connectivity index (χ1) is 16.5. The number of amides is 3. The van der Waals surface area contributed by atoms with Crippen LogP contribution in [0, 0.1) is 11.8 Å². The number of carbonyl (C=O) groups excluding carboxylic acids is 3. The molecule has 0 radical (unpaired) electrons. The number of likely N-dealkylation sites (tertiary alicyclic amines) is 2. The molecule has 6 nitrogen and oxygen atoms in total. The Morgan fingerprint density at radius 1 is 1.03 bits per heavy atom. The standard InChI is InChI=1S/C25H23ClF3N3O3/c1-31-21(33)18-19(22(31)34)24(30-20(18)15-5-7-16(8-6-15)25(27,28)29)11-2-12-32(23(24)35)13-14-3-9-17(26)10-4-14/h3-10,18-20,30H,2,11-13H2,1H3/t18-,19-,20-,24-/m1/s1. The van der Waals surface area contributed by atoms with Gasteiger partial charge < -0.3 is 4.90 Å². The SMILES string of the molecule is CN1C(=O)[C@H]2[C@@H](c3ccc(C(F)(F)F)cc3)N[C@]3(CCCN(Cc4ccc(Cl)cc4)C3=O)[C@H]2C1=O. The lowest BCUT2D eigenvalue weighted by molar-refractivity contribution is -0.149. The fraction of sp³-hybridized carbons (Fsp3) is 0.400. The fourth-order valence-electron chi connectivity index (χ4n) is 5.74. The Balaban J connectivity index is 1.50. The van der Waals surface area contributed by atoms with Gasteiger partial charge in [-0.1, -0.05) is 35.9 Å². The van der Waals surface area contributed by atoms with E-state index in [9.17, 15) is 27.6 Å². The summed E-state index contributed by atoms with van der Waals surface area (Å²) in [4.78, 5) is 42.9. The molecule has 0 aliphatic carbocycles. The first kappa shape index (κ1) is 23.8. The average molecular weight is 506 g/mol. The highest BCUT2D eigenvalue weighted by Crippen LogP contribution is 2.51. The Kier molecular flexibility index (Phi) is 5.68. The molecule has 3 saturated heterocycles. The van der Waals surface area contributed by atoms with Crippen LogP contribution in [0.2, 0.25) is 5.02 Å². The molecule has 0 unspecified atom stereocenters. The molecule has 35 heavy (non-hydrogen) atoms. The van der Waals surface area contributed by atoms with Gasteiger partial charge in [0.25, 0.3) is 0 Å². The van der Waals surface area contributed by atoms with Crippen molar-refractivity contribution in [1.29, 1.82) is 0 Å². The minimum Gasteiger partial charge on any atom is -0.337 e. The van der Waals surface area contributed by atoms with E-state index in [4.69, 9.17) is 11.6 Å². The fourth-order valence-corrected chi connectivity index (χ4v) is 5.87. The van der Waals surface area contributed by atoms with Gasteiger partial charge in [0.1, 0.15) is 5.54 Å². The molecule has 3 heterocycles. The van der Waals surface area contributed by atoms with Crippen molar-refractivity contribution in [2.24, 2.45) is 11.8 Å². The van der Waals surface area contributed by atoms with Crippen LogP contribution in [0.3, 0.4) is 0 Å². The number of alkyl halides is 3. The predicted octanol–water partition coefficient (Wildman–Crippen LogP) is 3.80. The van der Waals surface area contributed by atoms with Crippen molar-refractivity contribution in [3.63, 3.8) is 0 Å². The molecule has 5 rings (SSSR count). The lowest BCUT2D eigenvalue weighted by Crippen LogP contribution is -2.63. The normalized spacial score (nSPS) is 28.8. The highest BCUT2D eigenvalue weighted by atomic mass is 35.5. The second-order valence-corrected chi connectivity index (χ2v) is 9.85. The Labute approximate surface area is 205 Å². The molecule has 2 aromatic carbocycles. The van der Waals surface area contributed by atoms with Gasteiger partial charge in [-0.2, -0.15) is 13.2 Å². The van der Waals surface area contributed by atoms with Crippen LogP contribution in [0.1, 0.15) is 35.6 Å². The van der Waals surface area contributed by atoms with Crippen molar-refractivity contribution >= 4 is 29.3 Å². The number of nitrogens with zero attached hydrogens (tertiary/aromatic N) is 2. The molecule has 4 atom stereocenters. The topological polar surface area (TPSA) is 69.7 Å². The Hall–Kier alpha value is -2.91. The summed E-state index contributed by atoms with van der Waals surface area (Å²) < 4.78 is 39.2. The maximum absolute atomic E-state index is 13.9. The van der Waals surface area contributed by atoms with E-state index < -0.39 is 47.0 Å². The number of nitrogens with one attached hydrogen (secondary N) is 1. The van der Waals surface area contributed by atoms with Crippen molar-refractivity contribution in [3.05, 3.63) is 70.2 Å². The minimum absolute atomic E-state index is 0.278. The third-order valence-electron chi connectivity index (χ3n) is 7.43. The first-order valence-electron chi connectivity index (χ1n) is 11.3. The van der Waals surface area contributed by atoms with Gasteiger partial charge in [0.05, 0.1) is 17.4 Å². The van der Waals surface area contributed by atoms with Crippen LogP contribution < -0.4 is 5.32 Å². The summed E-state index contributed by atoms with van der Waals surface area (Å²) in [6, 6.07) is 10.9. The molecule has 3 amide bonds. The van der Waals surface area contributed by atoms with Crippen LogP contribution in [0.15, 0.2) is 48.5 Å². The summed E-state index contributed by atoms with van der Waals surface area (Å²) >= 11 is 5.97. The number of imide groups is 1. The van der Waals surface area contributed by atoms with Crippen molar-refractivity contribution in [2.75, 3.05) is 13.6 Å². The molecule has 3 fully saturated rings. The van der Waals surface area contributed by atoms with Gasteiger partial charge in [-0.25, -0.2) is 0 Å². The number of fused-ring (bicyclic) bond motifs is 2. The van der Waals surface area contributed by atoms with E-state index in [0.717, 1.165) is 22.6 Å². The molecular weight excluding hydrogens is 483 g/mol. The summed E-state index contributed by atoms with van der Waals surface area (Å²) in [7, 11) is 1.39. The maximum atomic E-state index is 13.9. The van der Waals surface area contributed by atoms with Crippen LogP contribution in [0.5, 0.6) is 0 Å². The minimum atomic E-state index is -4.49. The zero-order chi connectivity index (χ0) is 25.1. The van der Waals surface area contributed by atoms with E-state index in [-0.39, 0.29) is 5.91 Å². The van der Waals surface area contributed by atoms with Crippen molar-refractivity contribution < 1.29 is 27.6 Å². The molecular formula is C25H23ClF3N3O3. The number of hydrogen-bond donors (Lipinski definition) is 1. The zero-order valence-electron chi connectivity index (χ0n) is 18.8. The number of piperidine rings is 1. The molecule has 1 spiro atoms. The van der Waals surface area contributed by atoms with E-state index in [2.05, 4.69) is 5.32 Å². The molecule has 1 N–H and O–H groups in total. The van der Waals surface area contributed by atoms with Crippen LogP contribution in [-0.2, 0) is 27.1 Å². The predicted molar refractivity (Wildman–Crippen MR) is 121 cm³/mol. The van der Waals surface area contributed by atoms with Gasteiger partial charge in [0, 0.05) is 31.2 Å². The molecule has 0 aromatic heterocycles. The highest BCUT2D eigenvalue weighted by Gasteiger charge is 2.68. The summed E-state index contributed by atoms with van der Waals surface area (Å²) in [5.41, 5.74) is -0.803. The molecule has 3 aliphatic heterocycles. The average Bonchev–Trinajstić information content (AvgIpc) is 3.28. The summed E-state index contributed by atoms with van der Waals surface area (Å²) in [6.07, 6.45) is -3.53. The van der Waals surface area contributed by atoms with E-state index >= 15 is 0 Å². The summed E-state index contributed by atoms with van der Waals surface area (Å²) in [5.74, 6) is -2.95. The lowest BCUT2D eigenvalue weighted by Gasteiger charge is -2.42. The smallest absolute Gasteiger partial charge is 0.337 e. The third-order valence-corrected chi connectivity index (χ3v) is 7.68. The number of carbonyl (C=O) groups is 3. The highest BCUT2D eigenvalue weighted by molar-refractivity contribution is 6.30. The van der Waals surface area contributed by atoms with Crippen molar-refractivity contribution in [2.45, 2.75) is 37.1 Å². The number of rotatable bonds is 3. The molecule has 184 valence electrons. The second kappa shape index (κ2) is 8.34. The number of halogens is 4. The maximum Gasteiger partial charge on any atom is 0.416 e. The molecule has 0 saturated carbocycles. The van der Waals surface area contributed by atoms with Gasteiger partial charge in [-0.05, 0) is 48.2 Å². The summed E-state index contributed by atoms with van der Waals surface area (Å²) in [5, 5.41) is 3.85. The van der Waals surface area contributed by atoms with Gasteiger partial charge >= 0.3 is 6.18 Å². The van der Waals surface area contributed by atoms with E-state index in [1.807, 2.05) is 12.1 Å². The molecule has 10 heteroatoms. The third kappa shape index (κ3) is 3.81. The zero-order valence-corrected chi connectivity index (χ0v) is 19.6. The van der Waals surface area contributed by atoms with E-state index in [1.54, 1.807) is 17.0 Å². The molecule has 2 aromatic rings. The lowest BCUT2D eigenvalue weighted by atomic mass is 9.74. The van der Waals surface area contributed by atoms with Crippen LogP contribution in [0.4, 0.5) is 13.2 Å². The Bertz CT molecular complexity index is 1190. The van der Waals surface area contributed by atoms with Gasteiger partial charge in [0.2, 0.25) is 17.7 Å².